The Morgan fingerprint density at radius 2 is 1.76 bits per heavy atom. The fourth-order valence-corrected chi connectivity index (χ4v) is 5.19. The van der Waals surface area contributed by atoms with E-state index in [0.29, 0.717) is 21.3 Å². The average molecular weight is 470 g/mol. The maximum Gasteiger partial charge on any atom is 0.337 e. The van der Waals surface area contributed by atoms with Crippen molar-refractivity contribution >= 4 is 62.4 Å². The lowest BCUT2D eigenvalue weighted by atomic mass is 10.1. The third kappa shape index (κ3) is 3.78. The molecular weight excluding hydrogens is 446 g/mol. The van der Waals surface area contributed by atoms with Gasteiger partial charge in [0, 0.05) is 35.4 Å². The number of fused-ring (bicyclic) bond motifs is 3. The lowest BCUT2D eigenvalue weighted by Crippen LogP contribution is -2.23. The first-order valence-electron chi connectivity index (χ1n) is 11.0. The standard InChI is InChI=1S/C27H23N3O3S/c1-4-30-22-8-6-5-7-20(22)21-15-17(9-14-23(21)30)16-24-25(31)29(2)27(34-24)28-19-12-10-18(11-13-19)26(32)33-3/h5-16H,4H2,1-3H3. The fourth-order valence-electron chi connectivity index (χ4n) is 4.21. The molecule has 0 spiro atoms. The molecule has 0 radical (unpaired) electrons. The molecule has 34 heavy (non-hydrogen) atoms. The van der Waals surface area contributed by atoms with E-state index in [4.69, 9.17) is 4.74 Å². The highest BCUT2D eigenvalue weighted by atomic mass is 32.2. The molecule has 3 aromatic carbocycles. The van der Waals surface area contributed by atoms with Gasteiger partial charge >= 0.3 is 5.97 Å². The largest absolute Gasteiger partial charge is 0.465 e. The first-order valence-corrected chi connectivity index (χ1v) is 11.8. The van der Waals surface area contributed by atoms with Crippen LogP contribution in [0.5, 0.6) is 0 Å². The van der Waals surface area contributed by atoms with Crippen molar-refractivity contribution in [1.82, 2.24) is 9.47 Å². The minimum Gasteiger partial charge on any atom is -0.465 e. The van der Waals surface area contributed by atoms with Gasteiger partial charge in [0.15, 0.2) is 5.17 Å². The van der Waals surface area contributed by atoms with Crippen LogP contribution in [0.2, 0.25) is 0 Å². The summed E-state index contributed by atoms with van der Waals surface area (Å²) in [5, 5.41) is 2.97. The Labute approximate surface area is 201 Å². The first kappa shape index (κ1) is 22.0. The molecule has 1 saturated heterocycles. The van der Waals surface area contributed by atoms with Crippen molar-refractivity contribution in [3.63, 3.8) is 0 Å². The molecule has 0 saturated carbocycles. The number of carbonyl (C=O) groups is 2. The van der Waals surface area contributed by atoms with E-state index in [-0.39, 0.29) is 5.91 Å². The van der Waals surface area contributed by atoms with Gasteiger partial charge in [-0.25, -0.2) is 9.79 Å². The molecule has 7 heteroatoms. The quantitative estimate of drug-likeness (QED) is 0.278. The van der Waals surface area contributed by atoms with E-state index in [9.17, 15) is 9.59 Å². The number of likely N-dealkylation sites (N-methyl/N-ethyl adjacent to an activating group) is 1. The molecule has 1 aliphatic heterocycles. The van der Waals surface area contributed by atoms with Crippen molar-refractivity contribution in [3.8, 4) is 0 Å². The molecule has 0 bridgehead atoms. The summed E-state index contributed by atoms with van der Waals surface area (Å²) in [7, 11) is 3.07. The molecule has 0 N–H and O–H groups in total. The van der Waals surface area contributed by atoms with Gasteiger partial charge in [-0.15, -0.1) is 0 Å². The second kappa shape index (κ2) is 8.83. The summed E-state index contributed by atoms with van der Waals surface area (Å²) < 4.78 is 7.04. The van der Waals surface area contributed by atoms with Crippen LogP contribution in [0.3, 0.4) is 0 Å². The van der Waals surface area contributed by atoms with Gasteiger partial charge in [0.25, 0.3) is 5.91 Å². The summed E-state index contributed by atoms with van der Waals surface area (Å²) in [6, 6.07) is 21.5. The average Bonchev–Trinajstić information content (AvgIpc) is 3.32. The van der Waals surface area contributed by atoms with Crippen LogP contribution in [0.1, 0.15) is 22.8 Å². The third-order valence-corrected chi connectivity index (χ3v) is 6.99. The second-order valence-corrected chi connectivity index (χ2v) is 8.95. The van der Waals surface area contributed by atoms with Crippen LogP contribution in [-0.2, 0) is 16.1 Å². The van der Waals surface area contributed by atoms with E-state index in [1.165, 1.54) is 40.7 Å². The smallest absolute Gasteiger partial charge is 0.337 e. The number of carbonyl (C=O) groups excluding carboxylic acids is 2. The summed E-state index contributed by atoms with van der Waals surface area (Å²) in [6.07, 6.45) is 1.92. The lowest BCUT2D eigenvalue weighted by Gasteiger charge is -2.07. The predicted octanol–water partition coefficient (Wildman–Crippen LogP) is 5.83. The predicted molar refractivity (Wildman–Crippen MR) is 138 cm³/mol. The van der Waals surface area contributed by atoms with Gasteiger partial charge in [-0.05, 0) is 72.8 Å². The number of aryl methyl sites for hydroxylation is 1. The summed E-state index contributed by atoms with van der Waals surface area (Å²) in [4.78, 5) is 31.3. The van der Waals surface area contributed by atoms with E-state index in [2.05, 4.69) is 58.9 Å². The number of rotatable bonds is 4. The Morgan fingerprint density at radius 1 is 1.03 bits per heavy atom. The minimum absolute atomic E-state index is 0.0917. The highest BCUT2D eigenvalue weighted by Gasteiger charge is 2.30. The van der Waals surface area contributed by atoms with E-state index in [1.807, 2.05) is 6.08 Å². The SMILES string of the molecule is CCn1c2ccccc2c2cc(C=C3SC(=Nc4ccc(C(=O)OC)cc4)N(C)C3=O)ccc21. The molecule has 5 rings (SSSR count). The summed E-state index contributed by atoms with van der Waals surface area (Å²) >= 11 is 1.34. The summed E-state index contributed by atoms with van der Waals surface area (Å²) in [5.41, 5.74) is 4.48. The number of ether oxygens (including phenoxy) is 1. The van der Waals surface area contributed by atoms with Gasteiger partial charge in [-0.3, -0.25) is 9.69 Å². The second-order valence-electron chi connectivity index (χ2n) is 7.95. The Morgan fingerprint density at radius 3 is 2.50 bits per heavy atom. The maximum absolute atomic E-state index is 12.9. The molecule has 1 aromatic heterocycles. The number of methoxy groups -OCH3 is 1. The molecule has 2 heterocycles. The molecule has 170 valence electrons. The number of aliphatic imine (C=N–C) groups is 1. The van der Waals surface area contributed by atoms with Gasteiger partial charge < -0.3 is 9.30 Å². The molecule has 4 aromatic rings. The maximum atomic E-state index is 12.9. The number of nitrogens with zero attached hydrogens (tertiary/aromatic N) is 3. The zero-order valence-corrected chi connectivity index (χ0v) is 19.9. The van der Waals surface area contributed by atoms with Crippen LogP contribution < -0.4 is 0 Å². The lowest BCUT2D eigenvalue weighted by molar-refractivity contribution is -0.121. The van der Waals surface area contributed by atoms with E-state index >= 15 is 0 Å². The van der Waals surface area contributed by atoms with Crippen LogP contribution in [0.25, 0.3) is 27.9 Å². The zero-order valence-electron chi connectivity index (χ0n) is 19.1. The van der Waals surface area contributed by atoms with Crippen molar-refractivity contribution in [1.29, 1.82) is 0 Å². The number of hydrogen-bond acceptors (Lipinski definition) is 5. The number of thioether (sulfide) groups is 1. The number of para-hydroxylation sites is 1. The summed E-state index contributed by atoms with van der Waals surface area (Å²) in [5.74, 6) is -0.489. The van der Waals surface area contributed by atoms with Crippen molar-refractivity contribution in [2.45, 2.75) is 13.5 Å². The highest BCUT2D eigenvalue weighted by molar-refractivity contribution is 8.18. The third-order valence-electron chi connectivity index (χ3n) is 5.93. The number of hydrogen-bond donors (Lipinski definition) is 0. The normalized spacial score (nSPS) is 16.3. The molecule has 1 fully saturated rings. The van der Waals surface area contributed by atoms with Crippen molar-refractivity contribution in [2.24, 2.45) is 4.99 Å². The van der Waals surface area contributed by atoms with Crippen molar-refractivity contribution < 1.29 is 14.3 Å². The number of amides is 1. The topological polar surface area (TPSA) is 63.9 Å². The van der Waals surface area contributed by atoms with Crippen LogP contribution in [0.15, 0.2) is 76.6 Å². The van der Waals surface area contributed by atoms with Gasteiger partial charge in [0.1, 0.15) is 0 Å². The number of esters is 1. The minimum atomic E-state index is -0.397. The molecule has 1 aliphatic rings. The molecule has 0 aliphatic carbocycles. The molecular formula is C27H23N3O3S. The number of aromatic nitrogens is 1. The van der Waals surface area contributed by atoms with Crippen LogP contribution in [0.4, 0.5) is 5.69 Å². The van der Waals surface area contributed by atoms with E-state index < -0.39 is 5.97 Å². The highest BCUT2D eigenvalue weighted by Crippen LogP contribution is 2.35. The fraction of sp³-hybridized carbons (Fsp3) is 0.148. The van der Waals surface area contributed by atoms with Gasteiger partial charge in [0.05, 0.1) is 23.3 Å². The van der Waals surface area contributed by atoms with E-state index in [0.717, 1.165) is 12.1 Å². The van der Waals surface area contributed by atoms with Crippen LogP contribution >= 0.6 is 11.8 Å². The number of amidine groups is 1. The first-order chi connectivity index (χ1) is 16.5. The molecule has 0 atom stereocenters. The Balaban J connectivity index is 1.47. The number of benzene rings is 3. The Kier molecular flexibility index (Phi) is 5.71. The Bertz CT molecular complexity index is 1500. The summed E-state index contributed by atoms with van der Waals surface area (Å²) in [6.45, 7) is 3.04. The van der Waals surface area contributed by atoms with Gasteiger partial charge in [-0.2, -0.15) is 0 Å². The van der Waals surface area contributed by atoms with Gasteiger partial charge in [0.2, 0.25) is 0 Å². The molecule has 6 nitrogen and oxygen atoms in total. The van der Waals surface area contributed by atoms with E-state index in [1.54, 1.807) is 36.2 Å². The van der Waals surface area contributed by atoms with Crippen LogP contribution in [-0.4, -0.2) is 40.7 Å². The Hall–Kier alpha value is -3.84. The van der Waals surface area contributed by atoms with Crippen LogP contribution in [0, 0.1) is 0 Å². The van der Waals surface area contributed by atoms with Crippen molar-refractivity contribution in [2.75, 3.05) is 14.2 Å². The monoisotopic (exact) mass is 469 g/mol. The van der Waals surface area contributed by atoms with Gasteiger partial charge in [-0.1, -0.05) is 24.3 Å². The zero-order chi connectivity index (χ0) is 23.8. The van der Waals surface area contributed by atoms with Crippen molar-refractivity contribution in [3.05, 3.63) is 82.8 Å². The molecule has 1 amide bonds. The molecule has 0 unspecified atom stereocenters.